The predicted octanol–water partition coefficient (Wildman–Crippen LogP) is 2.09. The maximum Gasteiger partial charge on any atom is 0.251 e. The van der Waals surface area contributed by atoms with Gasteiger partial charge in [0, 0.05) is 43.2 Å². The lowest BCUT2D eigenvalue weighted by Crippen LogP contribution is -2.34. The fourth-order valence-corrected chi connectivity index (χ4v) is 2.52. The summed E-state index contributed by atoms with van der Waals surface area (Å²) in [5.41, 5.74) is 0.578. The summed E-state index contributed by atoms with van der Waals surface area (Å²) in [6, 6.07) is 6.75. The standard InChI is InChI=1S/C16H22ClN3O2.ClH/c17-14-6-4-13(5-7-14)16(22)19-9-1-3-15(21)20-11-2-8-18-10-12-20;/h4-7,18H,1-3,8-12H2,(H,19,22);1H. The molecule has 2 N–H and O–H groups in total. The highest BCUT2D eigenvalue weighted by Crippen LogP contribution is 2.09. The highest BCUT2D eigenvalue weighted by Gasteiger charge is 2.14. The largest absolute Gasteiger partial charge is 0.352 e. The minimum Gasteiger partial charge on any atom is -0.352 e. The molecule has 0 atom stereocenters. The Balaban J connectivity index is 0.00000264. The molecule has 0 spiro atoms. The molecule has 2 amide bonds. The van der Waals surface area contributed by atoms with Crippen molar-refractivity contribution in [1.29, 1.82) is 0 Å². The highest BCUT2D eigenvalue weighted by atomic mass is 35.5. The van der Waals surface area contributed by atoms with Crippen LogP contribution < -0.4 is 10.6 Å². The maximum absolute atomic E-state index is 12.1. The first-order valence-corrected chi connectivity index (χ1v) is 8.07. The van der Waals surface area contributed by atoms with Crippen molar-refractivity contribution in [1.82, 2.24) is 15.5 Å². The maximum atomic E-state index is 12.1. The van der Waals surface area contributed by atoms with Crippen LogP contribution in [0, 0.1) is 0 Å². The van der Waals surface area contributed by atoms with Crippen molar-refractivity contribution in [2.24, 2.45) is 0 Å². The van der Waals surface area contributed by atoms with E-state index in [0.717, 1.165) is 32.6 Å². The number of hydrogen-bond donors (Lipinski definition) is 2. The van der Waals surface area contributed by atoms with Gasteiger partial charge in [-0.15, -0.1) is 12.4 Å². The van der Waals surface area contributed by atoms with Gasteiger partial charge in [-0.1, -0.05) is 11.6 Å². The van der Waals surface area contributed by atoms with Gasteiger partial charge in [0.05, 0.1) is 0 Å². The van der Waals surface area contributed by atoms with Crippen LogP contribution in [0.5, 0.6) is 0 Å². The number of amides is 2. The number of nitrogens with zero attached hydrogens (tertiary/aromatic N) is 1. The van der Waals surface area contributed by atoms with Crippen molar-refractivity contribution in [3.05, 3.63) is 34.9 Å². The van der Waals surface area contributed by atoms with Gasteiger partial charge in [-0.05, 0) is 43.7 Å². The monoisotopic (exact) mass is 359 g/mol. The average molecular weight is 360 g/mol. The normalized spacial score (nSPS) is 14.6. The van der Waals surface area contributed by atoms with Gasteiger partial charge in [-0.25, -0.2) is 0 Å². The lowest BCUT2D eigenvalue weighted by atomic mass is 10.2. The quantitative estimate of drug-likeness (QED) is 0.791. The van der Waals surface area contributed by atoms with Crippen LogP contribution in [0.25, 0.3) is 0 Å². The first kappa shape index (κ1) is 19.7. The number of carbonyl (C=O) groups excluding carboxylic acids is 2. The van der Waals surface area contributed by atoms with Crippen molar-refractivity contribution in [2.75, 3.05) is 32.7 Å². The zero-order valence-corrected chi connectivity index (χ0v) is 14.6. The summed E-state index contributed by atoms with van der Waals surface area (Å²) in [7, 11) is 0. The molecule has 7 heteroatoms. The fraction of sp³-hybridized carbons (Fsp3) is 0.500. The van der Waals surface area contributed by atoms with Crippen LogP contribution in [-0.2, 0) is 4.79 Å². The number of carbonyl (C=O) groups is 2. The molecule has 0 radical (unpaired) electrons. The van der Waals surface area contributed by atoms with E-state index in [0.29, 0.717) is 30.0 Å². The first-order valence-electron chi connectivity index (χ1n) is 7.69. The zero-order chi connectivity index (χ0) is 15.8. The van der Waals surface area contributed by atoms with Gasteiger partial charge in [0.25, 0.3) is 5.91 Å². The Morgan fingerprint density at radius 3 is 2.65 bits per heavy atom. The Labute approximate surface area is 148 Å². The van der Waals surface area contributed by atoms with E-state index in [1.807, 2.05) is 4.90 Å². The van der Waals surface area contributed by atoms with E-state index in [4.69, 9.17) is 11.6 Å². The first-order chi connectivity index (χ1) is 10.7. The zero-order valence-electron chi connectivity index (χ0n) is 13.0. The molecular formula is C16H23Cl2N3O2. The van der Waals surface area contributed by atoms with Crippen LogP contribution in [0.4, 0.5) is 0 Å². The molecule has 128 valence electrons. The smallest absolute Gasteiger partial charge is 0.251 e. The molecule has 5 nitrogen and oxygen atoms in total. The van der Waals surface area contributed by atoms with Crippen LogP contribution in [0.2, 0.25) is 5.02 Å². The van der Waals surface area contributed by atoms with Crippen molar-refractivity contribution < 1.29 is 9.59 Å². The van der Waals surface area contributed by atoms with Crippen molar-refractivity contribution in [3.63, 3.8) is 0 Å². The molecular weight excluding hydrogens is 337 g/mol. The fourth-order valence-electron chi connectivity index (χ4n) is 2.40. The third kappa shape index (κ3) is 6.77. The summed E-state index contributed by atoms with van der Waals surface area (Å²) in [4.78, 5) is 25.9. The second-order valence-electron chi connectivity index (χ2n) is 5.35. The van der Waals surface area contributed by atoms with Gasteiger partial charge in [-0.3, -0.25) is 9.59 Å². The van der Waals surface area contributed by atoms with Gasteiger partial charge in [0.2, 0.25) is 5.91 Å². The Morgan fingerprint density at radius 2 is 1.91 bits per heavy atom. The van der Waals surface area contributed by atoms with Gasteiger partial charge < -0.3 is 15.5 Å². The molecule has 1 fully saturated rings. The Kier molecular flexibility index (Phi) is 8.99. The molecule has 1 saturated heterocycles. The second-order valence-corrected chi connectivity index (χ2v) is 5.79. The van der Waals surface area contributed by atoms with Gasteiger partial charge in [0.15, 0.2) is 0 Å². The second kappa shape index (κ2) is 10.5. The molecule has 1 heterocycles. The van der Waals surface area contributed by atoms with Gasteiger partial charge in [0.1, 0.15) is 0 Å². The van der Waals surface area contributed by atoms with Crippen LogP contribution in [0.15, 0.2) is 24.3 Å². The molecule has 0 unspecified atom stereocenters. The van der Waals surface area contributed by atoms with E-state index in [1.165, 1.54) is 0 Å². The lowest BCUT2D eigenvalue weighted by molar-refractivity contribution is -0.131. The number of hydrogen-bond acceptors (Lipinski definition) is 3. The van der Waals surface area contributed by atoms with Crippen molar-refractivity contribution in [3.8, 4) is 0 Å². The number of nitrogens with one attached hydrogen (secondary N) is 2. The van der Waals surface area contributed by atoms with Crippen LogP contribution in [0.1, 0.15) is 29.6 Å². The summed E-state index contributed by atoms with van der Waals surface area (Å²) in [6.07, 6.45) is 2.13. The predicted molar refractivity (Wildman–Crippen MR) is 94.3 cm³/mol. The van der Waals surface area contributed by atoms with E-state index in [2.05, 4.69) is 10.6 Å². The topological polar surface area (TPSA) is 61.4 Å². The van der Waals surface area contributed by atoms with Gasteiger partial charge >= 0.3 is 0 Å². The van der Waals surface area contributed by atoms with Gasteiger partial charge in [-0.2, -0.15) is 0 Å². The Bertz CT molecular complexity index is 501. The summed E-state index contributed by atoms with van der Waals surface area (Å²) in [5, 5.41) is 6.71. The summed E-state index contributed by atoms with van der Waals surface area (Å²) in [6.45, 7) is 3.93. The van der Waals surface area contributed by atoms with E-state index in [-0.39, 0.29) is 24.2 Å². The average Bonchev–Trinajstić information content (AvgIpc) is 2.81. The summed E-state index contributed by atoms with van der Waals surface area (Å²) < 4.78 is 0. The molecule has 1 aromatic carbocycles. The van der Waals surface area contributed by atoms with E-state index in [1.54, 1.807) is 24.3 Å². The van der Waals surface area contributed by atoms with E-state index >= 15 is 0 Å². The Morgan fingerprint density at radius 1 is 1.17 bits per heavy atom. The van der Waals surface area contributed by atoms with Crippen LogP contribution in [0.3, 0.4) is 0 Å². The molecule has 2 rings (SSSR count). The molecule has 1 aliphatic rings. The van der Waals surface area contributed by atoms with Crippen molar-refractivity contribution >= 4 is 35.8 Å². The minimum atomic E-state index is -0.136. The molecule has 0 saturated carbocycles. The van der Waals surface area contributed by atoms with Crippen LogP contribution in [-0.4, -0.2) is 49.4 Å². The third-order valence-corrected chi connectivity index (χ3v) is 3.90. The molecule has 0 bridgehead atoms. The molecule has 23 heavy (non-hydrogen) atoms. The van der Waals surface area contributed by atoms with Crippen molar-refractivity contribution in [2.45, 2.75) is 19.3 Å². The number of halogens is 2. The van der Waals surface area contributed by atoms with Crippen LogP contribution >= 0.6 is 24.0 Å². The van der Waals surface area contributed by atoms with E-state index < -0.39 is 0 Å². The molecule has 0 aromatic heterocycles. The summed E-state index contributed by atoms with van der Waals surface area (Å²) >= 11 is 5.79. The lowest BCUT2D eigenvalue weighted by Gasteiger charge is -2.19. The molecule has 1 aromatic rings. The SMILES string of the molecule is Cl.O=C(NCCCC(=O)N1CCCNCC1)c1ccc(Cl)cc1. The highest BCUT2D eigenvalue weighted by molar-refractivity contribution is 6.30. The molecule has 1 aliphatic heterocycles. The minimum absolute atomic E-state index is 0. The third-order valence-electron chi connectivity index (χ3n) is 3.65. The molecule has 0 aliphatic carbocycles. The Hall–Kier alpha value is -1.30. The van der Waals surface area contributed by atoms with E-state index in [9.17, 15) is 9.59 Å². The number of benzene rings is 1. The summed E-state index contributed by atoms with van der Waals surface area (Å²) in [5.74, 6) is 0.0348. The number of rotatable bonds is 5.